The number of nitro groups is 1. The van der Waals surface area contributed by atoms with Gasteiger partial charge in [-0.2, -0.15) is 5.10 Å². The van der Waals surface area contributed by atoms with E-state index in [9.17, 15) is 14.9 Å². The van der Waals surface area contributed by atoms with Gasteiger partial charge in [-0.1, -0.05) is 12.1 Å². The van der Waals surface area contributed by atoms with Gasteiger partial charge in [0.05, 0.1) is 31.8 Å². The summed E-state index contributed by atoms with van der Waals surface area (Å²) in [5.41, 5.74) is 3.22. The summed E-state index contributed by atoms with van der Waals surface area (Å²) in [6.07, 6.45) is 5.85. The molecule has 0 radical (unpaired) electrons. The maximum atomic E-state index is 12.6. The number of ketones is 1. The Bertz CT molecular complexity index is 1160. The number of hydrogen-bond donors (Lipinski definition) is 0. The quantitative estimate of drug-likeness (QED) is 0.225. The van der Waals surface area contributed by atoms with Gasteiger partial charge in [0.2, 0.25) is 0 Å². The van der Waals surface area contributed by atoms with Crippen molar-refractivity contribution in [1.29, 1.82) is 0 Å². The number of methoxy groups -OCH3 is 1. The van der Waals surface area contributed by atoms with E-state index in [1.807, 2.05) is 36.4 Å². The summed E-state index contributed by atoms with van der Waals surface area (Å²) in [7, 11) is 1.56. The van der Waals surface area contributed by atoms with Gasteiger partial charge in [-0.15, -0.1) is 0 Å². The third kappa shape index (κ3) is 5.45. The Morgan fingerprint density at radius 2 is 1.97 bits per heavy atom. The van der Waals surface area contributed by atoms with Gasteiger partial charge in [0, 0.05) is 29.9 Å². The van der Waals surface area contributed by atoms with E-state index in [-0.39, 0.29) is 11.5 Å². The lowest BCUT2D eigenvalue weighted by atomic mass is 10.1. The first kappa shape index (κ1) is 22.2. The monoisotopic (exact) mass is 448 g/mol. The van der Waals surface area contributed by atoms with Crippen LogP contribution in [-0.4, -0.2) is 53.9 Å². The lowest BCUT2D eigenvalue weighted by Gasteiger charge is -2.28. The van der Waals surface area contributed by atoms with Crippen LogP contribution in [-0.2, 0) is 11.3 Å². The minimum atomic E-state index is -0.487. The number of morpholine rings is 1. The van der Waals surface area contributed by atoms with Crippen molar-refractivity contribution in [2.75, 3.05) is 38.3 Å². The van der Waals surface area contributed by atoms with E-state index < -0.39 is 4.92 Å². The zero-order valence-corrected chi connectivity index (χ0v) is 18.2. The van der Waals surface area contributed by atoms with Gasteiger partial charge in [0.1, 0.15) is 18.1 Å². The average molecular weight is 448 g/mol. The van der Waals surface area contributed by atoms with Crippen molar-refractivity contribution in [2.45, 2.75) is 6.54 Å². The van der Waals surface area contributed by atoms with Crippen molar-refractivity contribution in [3.63, 3.8) is 0 Å². The number of carbonyl (C=O) groups is 1. The van der Waals surface area contributed by atoms with Crippen molar-refractivity contribution in [3.8, 4) is 5.75 Å². The van der Waals surface area contributed by atoms with Gasteiger partial charge in [0.25, 0.3) is 0 Å². The van der Waals surface area contributed by atoms with E-state index in [4.69, 9.17) is 9.47 Å². The van der Waals surface area contributed by atoms with Crippen LogP contribution in [0.5, 0.6) is 5.75 Å². The predicted octanol–water partition coefficient (Wildman–Crippen LogP) is 3.58. The van der Waals surface area contributed by atoms with Crippen LogP contribution in [0.4, 0.5) is 11.4 Å². The van der Waals surface area contributed by atoms with Crippen LogP contribution in [0.25, 0.3) is 6.08 Å². The Balaban J connectivity index is 1.46. The summed E-state index contributed by atoms with van der Waals surface area (Å²) in [4.78, 5) is 25.3. The molecule has 170 valence electrons. The zero-order chi connectivity index (χ0) is 23.2. The first-order chi connectivity index (χ1) is 16.0. The Morgan fingerprint density at radius 1 is 1.21 bits per heavy atom. The highest BCUT2D eigenvalue weighted by molar-refractivity contribution is 6.07. The van der Waals surface area contributed by atoms with Crippen molar-refractivity contribution in [3.05, 3.63) is 87.7 Å². The Kier molecular flexibility index (Phi) is 6.80. The molecule has 1 fully saturated rings. The molecule has 0 bridgehead atoms. The van der Waals surface area contributed by atoms with Gasteiger partial charge < -0.3 is 14.4 Å². The number of aromatic nitrogens is 2. The first-order valence-corrected chi connectivity index (χ1v) is 10.5. The largest absolute Gasteiger partial charge is 0.496 e. The fourth-order valence-electron chi connectivity index (χ4n) is 3.66. The van der Waals surface area contributed by atoms with Gasteiger partial charge >= 0.3 is 5.69 Å². The molecule has 1 saturated heterocycles. The molecule has 0 atom stereocenters. The lowest BCUT2D eigenvalue weighted by Crippen LogP contribution is -2.36. The second-order valence-corrected chi connectivity index (χ2v) is 7.57. The molecular weight excluding hydrogens is 424 g/mol. The van der Waals surface area contributed by atoms with E-state index >= 15 is 0 Å². The van der Waals surface area contributed by atoms with Crippen LogP contribution >= 0.6 is 0 Å². The van der Waals surface area contributed by atoms with Crippen molar-refractivity contribution in [1.82, 2.24) is 9.78 Å². The lowest BCUT2D eigenvalue weighted by molar-refractivity contribution is -0.385. The highest BCUT2D eigenvalue weighted by Crippen LogP contribution is 2.23. The molecule has 2 heterocycles. The Morgan fingerprint density at radius 3 is 2.64 bits per heavy atom. The normalized spacial score (nSPS) is 13.9. The molecule has 9 heteroatoms. The number of nitrogens with zero attached hydrogens (tertiary/aromatic N) is 4. The van der Waals surface area contributed by atoms with Gasteiger partial charge in [-0.05, 0) is 48.0 Å². The fourth-order valence-corrected chi connectivity index (χ4v) is 3.66. The highest BCUT2D eigenvalue weighted by atomic mass is 16.6. The maximum absolute atomic E-state index is 12.6. The third-order valence-electron chi connectivity index (χ3n) is 5.42. The molecule has 0 saturated carbocycles. The molecule has 9 nitrogen and oxygen atoms in total. The van der Waals surface area contributed by atoms with Crippen molar-refractivity contribution in [2.24, 2.45) is 0 Å². The molecule has 0 aliphatic carbocycles. The molecular formula is C24H24N4O5. The maximum Gasteiger partial charge on any atom is 0.307 e. The Labute approximate surface area is 191 Å². The SMILES string of the molecule is COc1ccc(/C=C/C(=O)c2ccc(N3CCOCC3)cc2)cc1Cn1cc([N+](=O)[O-])cn1. The van der Waals surface area contributed by atoms with E-state index in [1.165, 1.54) is 23.2 Å². The number of anilines is 1. The van der Waals surface area contributed by atoms with Crippen molar-refractivity contribution < 1.29 is 19.2 Å². The van der Waals surface area contributed by atoms with E-state index in [1.54, 1.807) is 19.3 Å². The summed E-state index contributed by atoms with van der Waals surface area (Å²) in [5, 5.41) is 14.9. The van der Waals surface area contributed by atoms with Crippen LogP contribution < -0.4 is 9.64 Å². The third-order valence-corrected chi connectivity index (χ3v) is 5.42. The number of benzene rings is 2. The summed E-state index contributed by atoms with van der Waals surface area (Å²) >= 11 is 0. The first-order valence-electron chi connectivity index (χ1n) is 10.5. The average Bonchev–Trinajstić information content (AvgIpc) is 3.32. The number of ether oxygens (including phenoxy) is 2. The molecule has 0 unspecified atom stereocenters. The summed E-state index contributed by atoms with van der Waals surface area (Å²) in [6, 6.07) is 13.1. The molecule has 0 amide bonds. The van der Waals surface area contributed by atoms with Crippen LogP contribution in [0, 0.1) is 10.1 Å². The number of hydrogen-bond acceptors (Lipinski definition) is 7. The summed E-state index contributed by atoms with van der Waals surface area (Å²) < 4.78 is 12.3. The molecule has 1 aliphatic rings. The second kappa shape index (κ2) is 10.1. The van der Waals surface area contributed by atoms with E-state index in [0.717, 1.165) is 29.9 Å². The van der Waals surface area contributed by atoms with Gasteiger partial charge in [-0.3, -0.25) is 19.6 Å². The van der Waals surface area contributed by atoms with Gasteiger partial charge in [0.15, 0.2) is 5.78 Å². The van der Waals surface area contributed by atoms with Gasteiger partial charge in [-0.25, -0.2) is 0 Å². The molecule has 0 spiro atoms. The minimum absolute atomic E-state index is 0.0738. The highest BCUT2D eigenvalue weighted by Gasteiger charge is 2.13. The van der Waals surface area contributed by atoms with Crippen LogP contribution in [0.1, 0.15) is 21.5 Å². The molecule has 4 rings (SSSR count). The number of rotatable bonds is 8. The standard InChI is InChI=1S/C24H24N4O5/c1-32-24-9-3-18(14-20(24)16-27-17-22(15-25-27)28(30)31)2-8-23(29)19-4-6-21(7-5-19)26-10-12-33-13-11-26/h2-9,14-15,17H,10-13,16H2,1H3/b8-2+. The molecule has 1 aromatic heterocycles. The zero-order valence-electron chi connectivity index (χ0n) is 18.2. The topological polar surface area (TPSA) is 99.7 Å². The van der Waals surface area contributed by atoms with Crippen LogP contribution in [0.3, 0.4) is 0 Å². The second-order valence-electron chi connectivity index (χ2n) is 7.57. The summed E-state index contributed by atoms with van der Waals surface area (Å²) in [6.45, 7) is 3.42. The van der Waals surface area contributed by atoms with E-state index in [0.29, 0.717) is 31.1 Å². The Hall–Kier alpha value is -3.98. The molecule has 1 aliphatic heterocycles. The van der Waals surface area contributed by atoms with Crippen LogP contribution in [0.15, 0.2) is 60.9 Å². The fraction of sp³-hybridized carbons (Fsp3) is 0.250. The minimum Gasteiger partial charge on any atom is -0.496 e. The number of carbonyl (C=O) groups excluding carboxylic acids is 1. The molecule has 3 aromatic rings. The smallest absolute Gasteiger partial charge is 0.307 e. The molecule has 0 N–H and O–H groups in total. The van der Waals surface area contributed by atoms with Crippen molar-refractivity contribution >= 4 is 23.2 Å². The molecule has 2 aromatic carbocycles. The predicted molar refractivity (Wildman–Crippen MR) is 124 cm³/mol. The summed E-state index contributed by atoms with van der Waals surface area (Å²) in [5.74, 6) is 0.541. The van der Waals surface area contributed by atoms with Crippen LogP contribution in [0.2, 0.25) is 0 Å². The van der Waals surface area contributed by atoms with E-state index in [2.05, 4.69) is 10.00 Å². The molecule has 33 heavy (non-hydrogen) atoms. The number of allylic oxidation sites excluding steroid dienone is 1.